The molecule has 0 saturated carbocycles. The van der Waals surface area contributed by atoms with Crippen LogP contribution in [0.15, 0.2) is 24.3 Å². The molecular weight excluding hydrogens is 399 g/mol. The lowest BCUT2D eigenvalue weighted by atomic mass is 9.87. The van der Waals surface area contributed by atoms with Crippen molar-refractivity contribution >= 4 is 17.7 Å². The summed E-state index contributed by atoms with van der Waals surface area (Å²) < 4.78 is 14.3. The van der Waals surface area contributed by atoms with Crippen molar-refractivity contribution in [1.29, 1.82) is 0 Å². The summed E-state index contributed by atoms with van der Waals surface area (Å²) in [5, 5.41) is 8.60. The minimum atomic E-state index is -1.26. The number of nitrogens with one attached hydrogen (secondary N) is 3. The highest BCUT2D eigenvalue weighted by Crippen LogP contribution is 2.30. The van der Waals surface area contributed by atoms with E-state index in [4.69, 9.17) is 0 Å². The van der Waals surface area contributed by atoms with E-state index in [1.54, 1.807) is 20.9 Å². The normalized spacial score (nSPS) is 24.8. The fourth-order valence-electron chi connectivity index (χ4n) is 4.42. The van der Waals surface area contributed by atoms with Crippen LogP contribution in [-0.2, 0) is 20.8 Å². The monoisotopic (exact) mass is 432 g/mol. The average Bonchev–Trinajstić information content (AvgIpc) is 3.18. The topological polar surface area (TPSA) is 90.5 Å². The predicted molar refractivity (Wildman–Crippen MR) is 116 cm³/mol. The Bertz CT molecular complexity index is 818. The van der Waals surface area contributed by atoms with E-state index in [1.807, 2.05) is 18.2 Å². The quantitative estimate of drug-likeness (QED) is 0.611. The number of benzene rings is 1. The van der Waals surface area contributed by atoms with Gasteiger partial charge in [0.25, 0.3) is 0 Å². The Morgan fingerprint density at radius 1 is 1.26 bits per heavy atom. The number of hydrogen-bond donors (Lipinski definition) is 3. The van der Waals surface area contributed by atoms with Crippen LogP contribution in [0.3, 0.4) is 0 Å². The molecule has 1 aromatic rings. The van der Waals surface area contributed by atoms with Crippen molar-refractivity contribution in [2.45, 2.75) is 76.3 Å². The third-order valence-electron chi connectivity index (χ3n) is 6.37. The third kappa shape index (κ3) is 5.23. The van der Waals surface area contributed by atoms with Gasteiger partial charge >= 0.3 is 0 Å². The van der Waals surface area contributed by atoms with E-state index in [1.165, 1.54) is 10.5 Å². The van der Waals surface area contributed by atoms with Crippen molar-refractivity contribution in [3.05, 3.63) is 35.4 Å². The number of rotatable bonds is 7. The van der Waals surface area contributed by atoms with E-state index in [-0.39, 0.29) is 30.8 Å². The maximum Gasteiger partial charge on any atom is 0.245 e. The van der Waals surface area contributed by atoms with Crippen LogP contribution in [0.5, 0.6) is 0 Å². The lowest BCUT2D eigenvalue weighted by molar-refractivity contribution is -0.142. The maximum atomic E-state index is 14.3. The van der Waals surface area contributed by atoms with Gasteiger partial charge < -0.3 is 20.9 Å². The number of alkyl halides is 1. The van der Waals surface area contributed by atoms with E-state index >= 15 is 0 Å². The van der Waals surface area contributed by atoms with Crippen molar-refractivity contribution in [3.63, 3.8) is 0 Å². The molecule has 0 radical (unpaired) electrons. The van der Waals surface area contributed by atoms with Gasteiger partial charge in [0.2, 0.25) is 17.7 Å². The number of aryl methyl sites for hydroxylation is 1. The number of likely N-dealkylation sites (N-methyl/N-ethyl adjacent to an activating group) is 1. The van der Waals surface area contributed by atoms with Gasteiger partial charge in [0, 0.05) is 6.42 Å². The van der Waals surface area contributed by atoms with Crippen LogP contribution in [0.25, 0.3) is 0 Å². The van der Waals surface area contributed by atoms with E-state index in [0.717, 1.165) is 24.8 Å². The number of carbonyl (C=O) groups is 3. The Morgan fingerprint density at radius 3 is 2.71 bits per heavy atom. The summed E-state index contributed by atoms with van der Waals surface area (Å²) in [7, 11) is 1.66. The number of likely N-dealkylation sites (tertiary alicyclic amines) is 1. The summed E-state index contributed by atoms with van der Waals surface area (Å²) in [6.45, 7) is 3.34. The van der Waals surface area contributed by atoms with E-state index in [9.17, 15) is 18.8 Å². The Labute approximate surface area is 183 Å². The third-order valence-corrected chi connectivity index (χ3v) is 6.37. The van der Waals surface area contributed by atoms with Crippen molar-refractivity contribution in [2.75, 3.05) is 13.6 Å². The standard InChI is InChI=1S/C23H33FN4O3/c1-4-18(26-21(29)14(2)25-3)23(31)28-13-16(24)12-20(28)22(30)27-19-11-7-9-15-8-5-6-10-17(15)19/h5-6,8,10,14,16,18-20,25H,4,7,9,11-13H2,1-3H3,(H,26,29)(H,27,30)/t14-,16?,18?,19?,20?/m0/s1. The van der Waals surface area contributed by atoms with Gasteiger partial charge in [-0.15, -0.1) is 0 Å². The van der Waals surface area contributed by atoms with E-state index < -0.39 is 30.2 Å². The molecule has 3 N–H and O–H groups in total. The Kier molecular flexibility index (Phi) is 7.64. The van der Waals surface area contributed by atoms with Gasteiger partial charge in [-0.05, 0) is 50.8 Å². The van der Waals surface area contributed by atoms with Gasteiger partial charge in [0.15, 0.2) is 0 Å². The van der Waals surface area contributed by atoms with Gasteiger partial charge in [0.1, 0.15) is 18.3 Å². The van der Waals surface area contributed by atoms with Crippen LogP contribution in [-0.4, -0.2) is 60.5 Å². The zero-order valence-electron chi connectivity index (χ0n) is 18.5. The number of carbonyl (C=O) groups excluding carboxylic acids is 3. The highest BCUT2D eigenvalue weighted by atomic mass is 19.1. The van der Waals surface area contributed by atoms with Gasteiger partial charge in [-0.1, -0.05) is 31.2 Å². The second kappa shape index (κ2) is 10.2. The second-order valence-electron chi connectivity index (χ2n) is 8.47. The van der Waals surface area contributed by atoms with Crippen molar-refractivity contribution < 1.29 is 18.8 Å². The summed E-state index contributed by atoms with van der Waals surface area (Å²) in [4.78, 5) is 39.7. The number of amides is 3. The number of halogens is 1. The predicted octanol–water partition coefficient (Wildman–Crippen LogP) is 1.62. The lowest BCUT2D eigenvalue weighted by Gasteiger charge is -2.31. The van der Waals surface area contributed by atoms with Gasteiger partial charge in [-0.2, -0.15) is 0 Å². The molecule has 170 valence electrons. The molecule has 4 unspecified atom stereocenters. The van der Waals surface area contributed by atoms with Crippen LogP contribution in [0.2, 0.25) is 0 Å². The smallest absolute Gasteiger partial charge is 0.245 e. The molecule has 0 bridgehead atoms. The maximum absolute atomic E-state index is 14.3. The Balaban J connectivity index is 1.71. The zero-order chi connectivity index (χ0) is 22.5. The van der Waals surface area contributed by atoms with Crippen LogP contribution >= 0.6 is 0 Å². The lowest BCUT2D eigenvalue weighted by Crippen LogP contribution is -2.55. The molecule has 8 heteroatoms. The molecule has 5 atom stereocenters. The van der Waals surface area contributed by atoms with Crippen molar-refractivity contribution in [3.8, 4) is 0 Å². The minimum absolute atomic E-state index is 0.0246. The summed E-state index contributed by atoms with van der Waals surface area (Å²) in [5.74, 6) is -1.05. The van der Waals surface area contributed by atoms with Crippen LogP contribution in [0.4, 0.5) is 4.39 Å². The summed E-state index contributed by atoms with van der Waals surface area (Å²) in [6, 6.07) is 5.77. The Morgan fingerprint density at radius 2 is 2.00 bits per heavy atom. The van der Waals surface area contributed by atoms with Crippen LogP contribution in [0.1, 0.15) is 56.7 Å². The van der Waals surface area contributed by atoms with E-state index in [2.05, 4.69) is 22.0 Å². The molecular formula is C23H33FN4O3. The van der Waals surface area contributed by atoms with Crippen molar-refractivity contribution in [2.24, 2.45) is 0 Å². The molecule has 1 saturated heterocycles. The number of hydrogen-bond acceptors (Lipinski definition) is 4. The zero-order valence-corrected chi connectivity index (χ0v) is 18.5. The molecule has 1 heterocycles. The van der Waals surface area contributed by atoms with Gasteiger partial charge in [-0.3, -0.25) is 14.4 Å². The molecule has 2 aliphatic rings. The fraction of sp³-hybridized carbons (Fsp3) is 0.609. The molecule has 1 aliphatic carbocycles. The first kappa shape index (κ1) is 23.2. The molecule has 1 fully saturated rings. The molecule has 1 aliphatic heterocycles. The summed E-state index contributed by atoms with van der Waals surface area (Å²) in [6.07, 6.45) is 1.84. The molecule has 0 aromatic heterocycles. The Hall–Kier alpha value is -2.48. The molecule has 31 heavy (non-hydrogen) atoms. The summed E-state index contributed by atoms with van der Waals surface area (Å²) in [5.41, 5.74) is 2.31. The molecule has 1 aromatic carbocycles. The summed E-state index contributed by atoms with van der Waals surface area (Å²) >= 11 is 0. The van der Waals surface area contributed by atoms with Crippen LogP contribution in [0, 0.1) is 0 Å². The second-order valence-corrected chi connectivity index (χ2v) is 8.47. The SMILES string of the molecule is CCC(NC(=O)[C@H](C)NC)C(=O)N1CC(F)CC1C(=O)NC1CCCc2ccccc21. The van der Waals surface area contributed by atoms with Crippen LogP contribution < -0.4 is 16.0 Å². The largest absolute Gasteiger partial charge is 0.347 e. The highest BCUT2D eigenvalue weighted by molar-refractivity contribution is 5.93. The first-order valence-corrected chi connectivity index (χ1v) is 11.2. The van der Waals surface area contributed by atoms with Gasteiger partial charge in [0.05, 0.1) is 18.6 Å². The number of nitrogens with zero attached hydrogens (tertiary/aromatic N) is 1. The highest BCUT2D eigenvalue weighted by Gasteiger charge is 2.42. The molecule has 3 rings (SSSR count). The molecule has 3 amide bonds. The molecule has 0 spiro atoms. The first-order valence-electron chi connectivity index (χ1n) is 11.2. The average molecular weight is 433 g/mol. The van der Waals surface area contributed by atoms with E-state index in [0.29, 0.717) is 6.42 Å². The van der Waals surface area contributed by atoms with Crippen molar-refractivity contribution in [1.82, 2.24) is 20.9 Å². The number of fused-ring (bicyclic) bond motifs is 1. The molecule has 7 nitrogen and oxygen atoms in total. The fourth-order valence-corrected chi connectivity index (χ4v) is 4.42. The van der Waals surface area contributed by atoms with Gasteiger partial charge in [-0.25, -0.2) is 4.39 Å². The minimum Gasteiger partial charge on any atom is -0.347 e. The first-order chi connectivity index (χ1) is 14.8.